The Labute approximate surface area is 113 Å². The van der Waals surface area contributed by atoms with Gasteiger partial charge in [-0.05, 0) is 12.5 Å². The van der Waals surface area contributed by atoms with Gasteiger partial charge in [0.15, 0.2) is 0 Å². The Kier molecular flexibility index (Phi) is 6.43. The van der Waals surface area contributed by atoms with Gasteiger partial charge in [-0.1, -0.05) is 18.2 Å². The molecule has 0 bridgehead atoms. The number of benzene rings is 1. The highest BCUT2D eigenvalue weighted by Gasteiger charge is 2.07. The van der Waals surface area contributed by atoms with Crippen molar-refractivity contribution in [1.29, 1.82) is 0 Å². The van der Waals surface area contributed by atoms with Crippen LogP contribution in [0.3, 0.4) is 0 Å². The van der Waals surface area contributed by atoms with Crippen LogP contribution in [-0.4, -0.2) is 32.0 Å². The molecule has 1 aromatic rings. The number of carbonyl (C=O) groups is 2. The van der Waals surface area contributed by atoms with Crippen LogP contribution in [0, 0.1) is 0 Å². The standard InChI is InChI=1S/C14H20N2O3/c1-11(17)15-8-5-9-16-14(18)10-12-6-3-4-7-13(12)19-2/h3-4,6-7H,5,8-10H2,1-2H3,(H,15,17)(H,16,18). The van der Waals surface area contributed by atoms with Crippen LogP contribution in [0.2, 0.25) is 0 Å². The molecule has 0 radical (unpaired) electrons. The zero-order valence-corrected chi connectivity index (χ0v) is 11.4. The van der Waals surface area contributed by atoms with Gasteiger partial charge in [0.1, 0.15) is 5.75 Å². The van der Waals surface area contributed by atoms with Crippen LogP contribution < -0.4 is 15.4 Å². The van der Waals surface area contributed by atoms with Crippen LogP contribution >= 0.6 is 0 Å². The fourth-order valence-electron chi connectivity index (χ4n) is 1.67. The molecular weight excluding hydrogens is 244 g/mol. The molecule has 0 saturated carbocycles. The molecule has 0 aliphatic rings. The molecule has 2 N–H and O–H groups in total. The number of para-hydroxylation sites is 1. The van der Waals surface area contributed by atoms with E-state index in [-0.39, 0.29) is 11.8 Å². The summed E-state index contributed by atoms with van der Waals surface area (Å²) in [6.45, 7) is 2.60. The van der Waals surface area contributed by atoms with Crippen LogP contribution in [0.25, 0.3) is 0 Å². The highest BCUT2D eigenvalue weighted by atomic mass is 16.5. The average Bonchev–Trinajstić information content (AvgIpc) is 2.38. The summed E-state index contributed by atoms with van der Waals surface area (Å²) in [6.07, 6.45) is 1.02. The largest absolute Gasteiger partial charge is 0.496 e. The van der Waals surface area contributed by atoms with Crippen molar-refractivity contribution in [3.8, 4) is 5.75 Å². The van der Waals surface area contributed by atoms with Gasteiger partial charge >= 0.3 is 0 Å². The quantitative estimate of drug-likeness (QED) is 0.718. The van der Waals surface area contributed by atoms with Crippen molar-refractivity contribution in [2.24, 2.45) is 0 Å². The summed E-state index contributed by atoms with van der Waals surface area (Å²) in [6, 6.07) is 7.45. The summed E-state index contributed by atoms with van der Waals surface area (Å²) < 4.78 is 5.19. The molecule has 1 aromatic carbocycles. The Balaban J connectivity index is 2.29. The first-order valence-electron chi connectivity index (χ1n) is 6.26. The molecule has 19 heavy (non-hydrogen) atoms. The molecule has 104 valence electrons. The number of ether oxygens (including phenoxy) is 1. The third kappa shape index (κ3) is 5.90. The predicted molar refractivity (Wildman–Crippen MR) is 73.0 cm³/mol. The van der Waals surface area contributed by atoms with Gasteiger partial charge in [-0.25, -0.2) is 0 Å². The number of amides is 2. The van der Waals surface area contributed by atoms with Crippen LogP contribution in [0.4, 0.5) is 0 Å². The minimum Gasteiger partial charge on any atom is -0.496 e. The number of rotatable bonds is 7. The molecule has 0 aliphatic heterocycles. The zero-order chi connectivity index (χ0) is 14.1. The van der Waals surface area contributed by atoms with Crippen molar-refractivity contribution in [2.75, 3.05) is 20.2 Å². The molecule has 0 aliphatic carbocycles. The summed E-state index contributed by atoms with van der Waals surface area (Å²) in [5.41, 5.74) is 0.865. The van der Waals surface area contributed by atoms with Gasteiger partial charge in [0.25, 0.3) is 0 Å². The average molecular weight is 264 g/mol. The normalized spacial score (nSPS) is 9.79. The van der Waals surface area contributed by atoms with Crippen LogP contribution in [-0.2, 0) is 16.0 Å². The van der Waals surface area contributed by atoms with Crippen molar-refractivity contribution >= 4 is 11.8 Å². The van der Waals surface area contributed by atoms with Gasteiger partial charge in [-0.2, -0.15) is 0 Å². The fraction of sp³-hybridized carbons (Fsp3) is 0.429. The van der Waals surface area contributed by atoms with Crippen molar-refractivity contribution in [3.05, 3.63) is 29.8 Å². The Morgan fingerprint density at radius 2 is 1.84 bits per heavy atom. The minimum absolute atomic E-state index is 0.0488. The summed E-state index contributed by atoms with van der Waals surface area (Å²) in [7, 11) is 1.59. The lowest BCUT2D eigenvalue weighted by Crippen LogP contribution is -2.29. The van der Waals surface area contributed by atoms with Crippen LogP contribution in [0.5, 0.6) is 5.75 Å². The molecule has 0 fully saturated rings. The summed E-state index contributed by atoms with van der Waals surface area (Å²) >= 11 is 0. The SMILES string of the molecule is COc1ccccc1CC(=O)NCCCNC(C)=O. The Hall–Kier alpha value is -2.04. The second-order valence-corrected chi connectivity index (χ2v) is 4.18. The second-order valence-electron chi connectivity index (χ2n) is 4.18. The maximum absolute atomic E-state index is 11.7. The number of methoxy groups -OCH3 is 1. The number of carbonyl (C=O) groups excluding carboxylic acids is 2. The van der Waals surface area contributed by atoms with E-state index in [0.29, 0.717) is 19.5 Å². The van der Waals surface area contributed by atoms with Gasteiger partial charge in [0, 0.05) is 25.6 Å². The van der Waals surface area contributed by atoms with Gasteiger partial charge in [-0.15, -0.1) is 0 Å². The zero-order valence-electron chi connectivity index (χ0n) is 11.4. The first-order chi connectivity index (χ1) is 9.13. The lowest BCUT2D eigenvalue weighted by atomic mass is 10.1. The van der Waals surface area contributed by atoms with Crippen molar-refractivity contribution in [1.82, 2.24) is 10.6 Å². The molecule has 0 atom stereocenters. The van der Waals surface area contributed by atoms with E-state index >= 15 is 0 Å². The van der Waals surface area contributed by atoms with E-state index in [1.54, 1.807) is 7.11 Å². The monoisotopic (exact) mass is 264 g/mol. The maximum Gasteiger partial charge on any atom is 0.224 e. The Bertz CT molecular complexity index is 432. The van der Waals surface area contributed by atoms with Gasteiger partial charge in [-0.3, -0.25) is 9.59 Å². The Morgan fingerprint density at radius 3 is 2.53 bits per heavy atom. The van der Waals surface area contributed by atoms with E-state index in [4.69, 9.17) is 4.74 Å². The van der Waals surface area contributed by atoms with Gasteiger partial charge < -0.3 is 15.4 Å². The molecule has 0 spiro atoms. The van der Waals surface area contributed by atoms with E-state index in [2.05, 4.69) is 10.6 Å². The predicted octanol–water partition coefficient (Wildman–Crippen LogP) is 0.880. The molecular formula is C14H20N2O3. The van der Waals surface area contributed by atoms with Crippen molar-refractivity contribution in [2.45, 2.75) is 19.8 Å². The molecule has 0 saturated heterocycles. The smallest absolute Gasteiger partial charge is 0.224 e. The Morgan fingerprint density at radius 1 is 1.16 bits per heavy atom. The molecule has 5 heteroatoms. The van der Waals surface area contributed by atoms with Gasteiger partial charge in [0.05, 0.1) is 13.5 Å². The number of nitrogens with one attached hydrogen (secondary N) is 2. The first kappa shape index (κ1) is 15.0. The van der Waals surface area contributed by atoms with Crippen LogP contribution in [0.1, 0.15) is 18.9 Å². The van der Waals surface area contributed by atoms with E-state index in [9.17, 15) is 9.59 Å². The molecule has 0 unspecified atom stereocenters. The van der Waals surface area contributed by atoms with Crippen LogP contribution in [0.15, 0.2) is 24.3 Å². The number of hydrogen-bond acceptors (Lipinski definition) is 3. The summed E-state index contributed by atoms with van der Waals surface area (Å²) in [4.78, 5) is 22.4. The molecule has 0 aromatic heterocycles. The third-order valence-corrected chi connectivity index (χ3v) is 2.59. The third-order valence-electron chi connectivity index (χ3n) is 2.59. The summed E-state index contributed by atoms with van der Waals surface area (Å²) in [5.74, 6) is 0.614. The lowest BCUT2D eigenvalue weighted by Gasteiger charge is -2.09. The van der Waals surface area contributed by atoms with Crippen molar-refractivity contribution < 1.29 is 14.3 Å². The minimum atomic E-state index is -0.0552. The van der Waals surface area contributed by atoms with E-state index in [0.717, 1.165) is 17.7 Å². The van der Waals surface area contributed by atoms with Gasteiger partial charge in [0.2, 0.25) is 11.8 Å². The molecule has 0 heterocycles. The molecule has 5 nitrogen and oxygen atoms in total. The fourth-order valence-corrected chi connectivity index (χ4v) is 1.67. The number of hydrogen-bond donors (Lipinski definition) is 2. The molecule has 2 amide bonds. The maximum atomic E-state index is 11.7. The van der Waals surface area contributed by atoms with Crippen molar-refractivity contribution in [3.63, 3.8) is 0 Å². The first-order valence-corrected chi connectivity index (χ1v) is 6.26. The summed E-state index contributed by atoms with van der Waals surface area (Å²) in [5, 5.41) is 5.49. The highest BCUT2D eigenvalue weighted by molar-refractivity contribution is 5.79. The second kappa shape index (κ2) is 8.13. The molecule has 1 rings (SSSR count). The van der Waals surface area contributed by atoms with E-state index < -0.39 is 0 Å². The van der Waals surface area contributed by atoms with E-state index in [1.807, 2.05) is 24.3 Å². The topological polar surface area (TPSA) is 67.4 Å². The lowest BCUT2D eigenvalue weighted by molar-refractivity contribution is -0.120. The highest BCUT2D eigenvalue weighted by Crippen LogP contribution is 2.17. The van der Waals surface area contributed by atoms with E-state index in [1.165, 1.54) is 6.92 Å².